The Morgan fingerprint density at radius 1 is 0.846 bits per heavy atom. The molecule has 0 saturated carbocycles. The van der Waals surface area contributed by atoms with E-state index in [0.717, 1.165) is 18.2 Å². The summed E-state index contributed by atoms with van der Waals surface area (Å²) in [6, 6.07) is 10.6. The fourth-order valence-corrected chi connectivity index (χ4v) is 4.02. The SMILES string of the molecule is CCCCCCCCCCCCN1C=C(Cl)N(Cc2ccccc2)C1C. The zero-order valence-corrected chi connectivity index (χ0v) is 17.6. The van der Waals surface area contributed by atoms with Crippen LogP contribution >= 0.6 is 11.6 Å². The zero-order valence-electron chi connectivity index (χ0n) is 16.8. The van der Waals surface area contributed by atoms with Crippen LogP contribution in [0.2, 0.25) is 0 Å². The van der Waals surface area contributed by atoms with Gasteiger partial charge in [-0.05, 0) is 18.9 Å². The van der Waals surface area contributed by atoms with Crippen molar-refractivity contribution in [3.63, 3.8) is 0 Å². The summed E-state index contributed by atoms with van der Waals surface area (Å²) in [5.74, 6) is 0. The molecule has 1 aromatic carbocycles. The third-order valence-corrected chi connectivity index (χ3v) is 5.76. The van der Waals surface area contributed by atoms with Gasteiger partial charge in [0.15, 0.2) is 0 Å². The van der Waals surface area contributed by atoms with Crippen LogP contribution in [0.3, 0.4) is 0 Å². The van der Waals surface area contributed by atoms with Crippen LogP contribution < -0.4 is 0 Å². The highest BCUT2D eigenvalue weighted by Crippen LogP contribution is 2.27. The monoisotopic (exact) mass is 376 g/mol. The van der Waals surface area contributed by atoms with Gasteiger partial charge >= 0.3 is 0 Å². The fourth-order valence-electron chi connectivity index (χ4n) is 3.70. The second kappa shape index (κ2) is 12.3. The maximum Gasteiger partial charge on any atom is 0.122 e. The molecule has 0 amide bonds. The lowest BCUT2D eigenvalue weighted by molar-refractivity contribution is 0.159. The molecule has 0 N–H and O–H groups in total. The van der Waals surface area contributed by atoms with E-state index >= 15 is 0 Å². The van der Waals surface area contributed by atoms with E-state index in [1.807, 2.05) is 0 Å². The number of hydrogen-bond donors (Lipinski definition) is 0. The van der Waals surface area contributed by atoms with E-state index in [0.29, 0.717) is 6.17 Å². The summed E-state index contributed by atoms with van der Waals surface area (Å²) in [5, 5.41) is 0.869. The standard InChI is InChI=1S/C23H37ClN2/c1-3-4-5-6-7-8-9-10-11-15-18-25-20-23(24)26(21(25)2)19-22-16-13-12-14-17-22/h12-14,16-17,20-21H,3-11,15,18-19H2,1-2H3. The molecule has 2 nitrogen and oxygen atoms in total. The van der Waals surface area contributed by atoms with E-state index in [9.17, 15) is 0 Å². The predicted molar refractivity (Wildman–Crippen MR) is 114 cm³/mol. The van der Waals surface area contributed by atoms with Crippen molar-refractivity contribution < 1.29 is 0 Å². The van der Waals surface area contributed by atoms with Crippen molar-refractivity contribution in [1.82, 2.24) is 9.80 Å². The van der Waals surface area contributed by atoms with Crippen LogP contribution in [0.1, 0.15) is 83.6 Å². The number of rotatable bonds is 13. The first-order valence-electron chi connectivity index (χ1n) is 10.7. The molecule has 1 unspecified atom stereocenters. The molecule has 1 atom stereocenters. The van der Waals surface area contributed by atoms with E-state index in [4.69, 9.17) is 11.6 Å². The maximum atomic E-state index is 6.50. The molecule has 2 rings (SSSR count). The third kappa shape index (κ3) is 7.23. The number of hydrogen-bond acceptors (Lipinski definition) is 2. The largest absolute Gasteiger partial charge is 0.355 e. The van der Waals surface area contributed by atoms with Crippen molar-refractivity contribution in [2.75, 3.05) is 6.54 Å². The van der Waals surface area contributed by atoms with E-state index in [2.05, 4.69) is 60.2 Å². The van der Waals surface area contributed by atoms with Gasteiger partial charge in [0.1, 0.15) is 5.16 Å². The van der Waals surface area contributed by atoms with Crippen molar-refractivity contribution in [3.05, 3.63) is 47.3 Å². The van der Waals surface area contributed by atoms with E-state index in [-0.39, 0.29) is 0 Å². The van der Waals surface area contributed by atoms with Crippen molar-refractivity contribution >= 4 is 11.6 Å². The van der Waals surface area contributed by atoms with Crippen molar-refractivity contribution in [1.29, 1.82) is 0 Å². The van der Waals surface area contributed by atoms with Crippen LogP contribution in [0, 0.1) is 0 Å². The number of halogens is 1. The Balaban J connectivity index is 1.57. The van der Waals surface area contributed by atoms with Crippen LogP contribution in [0.5, 0.6) is 0 Å². The van der Waals surface area contributed by atoms with Crippen LogP contribution in [0.4, 0.5) is 0 Å². The maximum absolute atomic E-state index is 6.50. The molecule has 26 heavy (non-hydrogen) atoms. The molecule has 1 aliphatic rings. The minimum absolute atomic E-state index is 0.348. The summed E-state index contributed by atoms with van der Waals surface area (Å²) >= 11 is 6.50. The summed E-state index contributed by atoms with van der Waals surface area (Å²) in [6.45, 7) is 6.53. The van der Waals surface area contributed by atoms with Gasteiger partial charge in [-0.15, -0.1) is 0 Å². The topological polar surface area (TPSA) is 6.48 Å². The second-order valence-corrected chi connectivity index (χ2v) is 8.00. The second-order valence-electron chi connectivity index (χ2n) is 7.62. The first-order valence-corrected chi connectivity index (χ1v) is 11.0. The van der Waals surface area contributed by atoms with Gasteiger partial charge in [0.2, 0.25) is 0 Å². The molecule has 0 bridgehead atoms. The van der Waals surface area contributed by atoms with Gasteiger partial charge in [0.05, 0.1) is 6.17 Å². The molecule has 0 saturated heterocycles. The molecule has 1 heterocycles. The average Bonchev–Trinajstić information content (AvgIpc) is 2.92. The van der Waals surface area contributed by atoms with Gasteiger partial charge in [0.25, 0.3) is 0 Å². The molecule has 0 aromatic heterocycles. The van der Waals surface area contributed by atoms with E-state index in [1.54, 1.807) is 0 Å². The lowest BCUT2D eigenvalue weighted by Gasteiger charge is -2.30. The normalized spacial score (nSPS) is 17.0. The van der Waals surface area contributed by atoms with Gasteiger partial charge in [-0.2, -0.15) is 0 Å². The first kappa shape index (κ1) is 21.2. The quantitative estimate of drug-likeness (QED) is 0.267. The average molecular weight is 377 g/mol. The summed E-state index contributed by atoms with van der Waals surface area (Å²) < 4.78 is 0. The minimum atomic E-state index is 0.348. The minimum Gasteiger partial charge on any atom is -0.355 e. The van der Waals surface area contributed by atoms with Crippen molar-refractivity contribution in [2.45, 2.75) is 90.8 Å². The zero-order chi connectivity index (χ0) is 18.6. The molecular weight excluding hydrogens is 340 g/mol. The van der Waals surface area contributed by atoms with Gasteiger partial charge in [-0.25, -0.2) is 0 Å². The molecular formula is C23H37ClN2. The van der Waals surface area contributed by atoms with Gasteiger partial charge in [0, 0.05) is 19.3 Å². The molecule has 0 radical (unpaired) electrons. The molecule has 146 valence electrons. The van der Waals surface area contributed by atoms with Crippen LogP contribution in [0.25, 0.3) is 0 Å². The molecule has 0 spiro atoms. The number of unbranched alkanes of at least 4 members (excludes halogenated alkanes) is 9. The number of benzene rings is 1. The molecule has 0 aliphatic carbocycles. The Morgan fingerprint density at radius 3 is 2.04 bits per heavy atom. The summed E-state index contributed by atoms with van der Waals surface area (Å²) in [5.41, 5.74) is 1.31. The van der Waals surface area contributed by atoms with E-state index < -0.39 is 0 Å². The Labute approximate surface area is 166 Å². The van der Waals surface area contributed by atoms with Gasteiger partial charge in [-0.3, -0.25) is 0 Å². The Bertz CT molecular complexity index is 514. The fraction of sp³-hybridized carbons (Fsp3) is 0.652. The van der Waals surface area contributed by atoms with Crippen LogP contribution in [-0.4, -0.2) is 22.5 Å². The highest BCUT2D eigenvalue weighted by atomic mass is 35.5. The molecule has 1 aromatic rings. The molecule has 3 heteroatoms. The Hall–Kier alpha value is -1.15. The van der Waals surface area contributed by atoms with Crippen LogP contribution in [0.15, 0.2) is 41.7 Å². The van der Waals surface area contributed by atoms with Gasteiger partial charge < -0.3 is 9.80 Å². The lowest BCUT2D eigenvalue weighted by Crippen LogP contribution is -2.36. The van der Waals surface area contributed by atoms with E-state index in [1.165, 1.54) is 69.8 Å². The summed E-state index contributed by atoms with van der Waals surface area (Å²) in [7, 11) is 0. The van der Waals surface area contributed by atoms with Crippen LogP contribution in [-0.2, 0) is 6.54 Å². The third-order valence-electron chi connectivity index (χ3n) is 5.44. The molecule has 1 aliphatic heterocycles. The smallest absolute Gasteiger partial charge is 0.122 e. The van der Waals surface area contributed by atoms with Crippen molar-refractivity contribution in [2.24, 2.45) is 0 Å². The number of nitrogens with zero attached hydrogens (tertiary/aromatic N) is 2. The van der Waals surface area contributed by atoms with Crippen molar-refractivity contribution in [3.8, 4) is 0 Å². The molecule has 0 fully saturated rings. The lowest BCUT2D eigenvalue weighted by atomic mass is 10.1. The first-order chi connectivity index (χ1) is 12.7. The summed E-state index contributed by atoms with van der Waals surface area (Å²) in [4.78, 5) is 4.68. The predicted octanol–water partition coefficient (Wildman–Crippen LogP) is 7.11. The highest BCUT2D eigenvalue weighted by Gasteiger charge is 2.27. The summed E-state index contributed by atoms with van der Waals surface area (Å²) in [6.07, 6.45) is 16.3. The Kier molecular flexibility index (Phi) is 9.99. The highest BCUT2D eigenvalue weighted by molar-refractivity contribution is 6.29. The van der Waals surface area contributed by atoms with Gasteiger partial charge in [-0.1, -0.05) is 107 Å². The Morgan fingerprint density at radius 2 is 1.42 bits per heavy atom.